The first-order valence-corrected chi connectivity index (χ1v) is 19.2. The Kier molecular flexibility index (Phi) is 7.53. The highest BCUT2D eigenvalue weighted by Gasteiger charge is 2.20. The molecule has 0 unspecified atom stereocenters. The summed E-state index contributed by atoms with van der Waals surface area (Å²) in [6.07, 6.45) is 0. The average molecular weight is 714 g/mol. The Morgan fingerprint density at radius 3 is 1.66 bits per heavy atom. The van der Waals surface area contributed by atoms with Crippen molar-refractivity contribution in [2.24, 2.45) is 0 Å². The molecule has 11 aromatic rings. The molecule has 10 aromatic carbocycles. The minimum absolute atomic E-state index is 0.901. The van der Waals surface area contributed by atoms with Crippen molar-refractivity contribution in [1.29, 1.82) is 0 Å². The fourth-order valence-corrected chi connectivity index (χ4v) is 8.52. The van der Waals surface area contributed by atoms with Crippen molar-refractivity contribution in [1.82, 2.24) is 0 Å². The van der Waals surface area contributed by atoms with E-state index in [1.807, 2.05) is 12.1 Å². The van der Waals surface area contributed by atoms with Gasteiger partial charge < -0.3 is 9.32 Å². The van der Waals surface area contributed by atoms with E-state index in [0.29, 0.717) is 0 Å². The first-order chi connectivity index (χ1) is 27.7. The van der Waals surface area contributed by atoms with Crippen LogP contribution in [0.2, 0.25) is 0 Å². The molecule has 11 rings (SSSR count). The molecule has 0 fully saturated rings. The predicted octanol–water partition coefficient (Wildman–Crippen LogP) is 15.5. The van der Waals surface area contributed by atoms with Crippen molar-refractivity contribution in [3.63, 3.8) is 0 Å². The van der Waals surface area contributed by atoms with Crippen LogP contribution in [0, 0.1) is 0 Å². The largest absolute Gasteiger partial charge is 0.456 e. The van der Waals surface area contributed by atoms with Crippen molar-refractivity contribution in [2.45, 2.75) is 0 Å². The Morgan fingerprint density at radius 1 is 0.304 bits per heavy atom. The minimum atomic E-state index is 0.901. The monoisotopic (exact) mass is 713 g/mol. The summed E-state index contributed by atoms with van der Waals surface area (Å²) in [5.41, 5.74) is 12.3. The molecule has 2 nitrogen and oxygen atoms in total. The lowest BCUT2D eigenvalue weighted by Crippen LogP contribution is -2.10. The highest BCUT2D eigenvalue weighted by molar-refractivity contribution is 6.16. The highest BCUT2D eigenvalue weighted by Crippen LogP contribution is 2.45. The van der Waals surface area contributed by atoms with Crippen LogP contribution in [-0.4, -0.2) is 0 Å². The first-order valence-electron chi connectivity index (χ1n) is 19.2. The van der Waals surface area contributed by atoms with E-state index in [4.69, 9.17) is 4.42 Å². The molecule has 0 N–H and O–H groups in total. The molecule has 0 saturated heterocycles. The lowest BCUT2D eigenvalue weighted by atomic mass is 9.93. The van der Waals surface area contributed by atoms with Crippen molar-refractivity contribution in [3.05, 3.63) is 212 Å². The topological polar surface area (TPSA) is 16.4 Å². The summed E-state index contributed by atoms with van der Waals surface area (Å²) < 4.78 is 6.31. The fourth-order valence-electron chi connectivity index (χ4n) is 8.52. The van der Waals surface area contributed by atoms with E-state index >= 15 is 0 Å². The number of para-hydroxylation sites is 2. The molecule has 0 amide bonds. The van der Waals surface area contributed by atoms with Gasteiger partial charge in [0.05, 0.1) is 5.69 Å². The number of benzene rings is 10. The summed E-state index contributed by atoms with van der Waals surface area (Å²) in [5, 5.41) is 9.61. The average Bonchev–Trinajstić information content (AvgIpc) is 3.66. The molecule has 0 atom stereocenters. The number of hydrogen-bond acceptors (Lipinski definition) is 2. The zero-order valence-electron chi connectivity index (χ0n) is 30.6. The van der Waals surface area contributed by atoms with Gasteiger partial charge >= 0.3 is 0 Å². The Bertz CT molecular complexity index is 3270. The van der Waals surface area contributed by atoms with Gasteiger partial charge in [-0.15, -0.1) is 0 Å². The molecular weight excluding hydrogens is 679 g/mol. The molecule has 1 heterocycles. The second-order valence-corrected chi connectivity index (χ2v) is 14.5. The number of anilines is 3. The lowest BCUT2D eigenvalue weighted by Gasteiger charge is -2.28. The summed E-state index contributed by atoms with van der Waals surface area (Å²) in [4.78, 5) is 2.39. The smallest absolute Gasteiger partial charge is 0.136 e. The molecule has 0 spiro atoms. The third-order valence-electron chi connectivity index (χ3n) is 11.2. The number of hydrogen-bond donors (Lipinski definition) is 0. The predicted molar refractivity (Wildman–Crippen MR) is 237 cm³/mol. The van der Waals surface area contributed by atoms with Gasteiger partial charge in [-0.05, 0) is 121 Å². The van der Waals surface area contributed by atoms with Crippen LogP contribution in [0.25, 0.3) is 87.6 Å². The summed E-state index contributed by atoms with van der Waals surface area (Å²) in [7, 11) is 0. The van der Waals surface area contributed by atoms with Gasteiger partial charge in [-0.1, -0.05) is 152 Å². The molecule has 0 aliphatic heterocycles. The van der Waals surface area contributed by atoms with Crippen LogP contribution in [0.1, 0.15) is 0 Å². The Morgan fingerprint density at radius 2 is 0.875 bits per heavy atom. The molecule has 262 valence electrons. The van der Waals surface area contributed by atoms with Gasteiger partial charge in [-0.2, -0.15) is 0 Å². The van der Waals surface area contributed by atoms with E-state index in [1.54, 1.807) is 0 Å². The van der Waals surface area contributed by atoms with E-state index in [-0.39, 0.29) is 0 Å². The second kappa shape index (κ2) is 13.2. The van der Waals surface area contributed by atoms with Crippen molar-refractivity contribution >= 4 is 71.3 Å². The Labute approximate surface area is 325 Å². The Balaban J connectivity index is 1.03. The van der Waals surface area contributed by atoms with E-state index < -0.39 is 0 Å². The van der Waals surface area contributed by atoms with Gasteiger partial charge in [0.15, 0.2) is 0 Å². The summed E-state index contributed by atoms with van der Waals surface area (Å²) >= 11 is 0. The third kappa shape index (κ3) is 5.42. The number of furan rings is 1. The van der Waals surface area contributed by atoms with Crippen molar-refractivity contribution in [2.75, 3.05) is 4.90 Å². The molecular formula is C54H35NO. The number of fused-ring (bicyclic) bond motifs is 6. The quantitative estimate of drug-likeness (QED) is 0.171. The SMILES string of the molecule is c1ccc(N(c2cccc(-c3ccc4ccc(-c5ccc6ccccc6c5)cc4c3)c2)c2ccc(-c3cccc4oc5ccccc5c34)c3ccccc23)cc1. The highest BCUT2D eigenvalue weighted by atomic mass is 16.3. The van der Waals surface area contributed by atoms with Gasteiger partial charge in [0, 0.05) is 27.5 Å². The molecule has 0 aliphatic rings. The number of rotatable bonds is 6. The normalized spacial score (nSPS) is 11.6. The van der Waals surface area contributed by atoms with Crippen molar-refractivity contribution < 1.29 is 4.42 Å². The molecule has 0 bridgehead atoms. The van der Waals surface area contributed by atoms with Crippen LogP contribution < -0.4 is 4.90 Å². The standard InChI is InChI=1S/C54H35NO/c1-2-15-44(16-3-1)55(51-31-30-47(46-18-6-7-19-48(46)51)49-21-11-23-53-54(49)50-20-8-9-22-52(50)56-53)45-17-10-14-39(35-45)41-28-25-37-26-29-42(34-43(37)33-41)40-27-24-36-12-4-5-13-38(36)32-40/h1-35H. The van der Waals surface area contributed by atoms with Crippen LogP contribution in [0.15, 0.2) is 217 Å². The van der Waals surface area contributed by atoms with Crippen LogP contribution in [0.3, 0.4) is 0 Å². The fraction of sp³-hybridized carbons (Fsp3) is 0. The zero-order valence-corrected chi connectivity index (χ0v) is 30.6. The summed E-state index contributed by atoms with van der Waals surface area (Å²) in [6, 6.07) is 76.6. The van der Waals surface area contributed by atoms with E-state index in [9.17, 15) is 0 Å². The Hall–Kier alpha value is -7.42. The molecule has 0 radical (unpaired) electrons. The van der Waals surface area contributed by atoms with E-state index in [1.165, 1.54) is 65.7 Å². The van der Waals surface area contributed by atoms with Crippen LogP contribution in [-0.2, 0) is 0 Å². The maximum absolute atomic E-state index is 6.31. The van der Waals surface area contributed by atoms with E-state index in [0.717, 1.165) is 39.0 Å². The second-order valence-electron chi connectivity index (χ2n) is 14.5. The van der Waals surface area contributed by atoms with Crippen LogP contribution >= 0.6 is 0 Å². The molecule has 1 aromatic heterocycles. The third-order valence-corrected chi connectivity index (χ3v) is 11.2. The summed E-state index contributed by atoms with van der Waals surface area (Å²) in [6.45, 7) is 0. The zero-order chi connectivity index (χ0) is 37.0. The van der Waals surface area contributed by atoms with Crippen LogP contribution in [0.5, 0.6) is 0 Å². The lowest BCUT2D eigenvalue weighted by molar-refractivity contribution is 0.669. The van der Waals surface area contributed by atoms with Crippen LogP contribution in [0.4, 0.5) is 17.1 Å². The van der Waals surface area contributed by atoms with Gasteiger partial charge in [0.2, 0.25) is 0 Å². The van der Waals surface area contributed by atoms with Gasteiger partial charge in [-0.3, -0.25) is 0 Å². The van der Waals surface area contributed by atoms with Gasteiger partial charge in [-0.25, -0.2) is 0 Å². The molecule has 0 aliphatic carbocycles. The molecule has 0 saturated carbocycles. The number of nitrogens with zero attached hydrogens (tertiary/aromatic N) is 1. The van der Waals surface area contributed by atoms with E-state index in [2.05, 4.69) is 205 Å². The minimum Gasteiger partial charge on any atom is -0.456 e. The maximum atomic E-state index is 6.31. The summed E-state index contributed by atoms with van der Waals surface area (Å²) in [5.74, 6) is 0. The molecule has 2 heteroatoms. The first kappa shape index (κ1) is 32.0. The maximum Gasteiger partial charge on any atom is 0.136 e. The van der Waals surface area contributed by atoms with Crippen molar-refractivity contribution in [3.8, 4) is 33.4 Å². The van der Waals surface area contributed by atoms with Gasteiger partial charge in [0.25, 0.3) is 0 Å². The van der Waals surface area contributed by atoms with Gasteiger partial charge in [0.1, 0.15) is 11.2 Å². The molecule has 56 heavy (non-hydrogen) atoms.